The van der Waals surface area contributed by atoms with Crippen LogP contribution in [-0.4, -0.2) is 7.11 Å². The summed E-state index contributed by atoms with van der Waals surface area (Å²) in [5.74, 6) is 6.31. The molecule has 1 atom stereocenters. The van der Waals surface area contributed by atoms with E-state index in [1.54, 1.807) is 13.2 Å². The van der Waals surface area contributed by atoms with E-state index in [1.807, 2.05) is 37.3 Å². The van der Waals surface area contributed by atoms with Gasteiger partial charge in [0.2, 0.25) is 0 Å². The van der Waals surface area contributed by atoms with Crippen molar-refractivity contribution in [3.05, 3.63) is 63.1 Å². The Kier molecular flexibility index (Phi) is 4.89. The number of halogens is 2. The lowest BCUT2D eigenvalue weighted by Crippen LogP contribution is -2.28. The van der Waals surface area contributed by atoms with Crippen molar-refractivity contribution in [2.24, 2.45) is 5.84 Å². The number of hydrogen-bond donors (Lipinski definition) is 2. The number of nitrogens with two attached hydrogens (primary N) is 1. The molecule has 0 amide bonds. The highest BCUT2D eigenvalue weighted by Crippen LogP contribution is 2.31. The second-order valence-corrected chi connectivity index (χ2v) is 5.40. The van der Waals surface area contributed by atoms with Crippen molar-refractivity contribution >= 4 is 23.2 Å². The lowest BCUT2D eigenvalue weighted by atomic mass is 9.97. The smallest absolute Gasteiger partial charge is 0.137 e. The zero-order chi connectivity index (χ0) is 14.7. The van der Waals surface area contributed by atoms with Crippen LogP contribution in [0.3, 0.4) is 0 Å². The van der Waals surface area contributed by atoms with Crippen LogP contribution in [-0.2, 0) is 0 Å². The van der Waals surface area contributed by atoms with E-state index in [0.29, 0.717) is 15.8 Å². The number of ether oxygens (including phenoxy) is 1. The Labute approximate surface area is 128 Å². The van der Waals surface area contributed by atoms with Crippen LogP contribution < -0.4 is 16.0 Å². The maximum Gasteiger partial charge on any atom is 0.137 e. The van der Waals surface area contributed by atoms with Crippen LogP contribution in [0.2, 0.25) is 10.0 Å². The Morgan fingerprint density at radius 1 is 1.10 bits per heavy atom. The van der Waals surface area contributed by atoms with E-state index in [4.69, 9.17) is 33.8 Å². The molecular weight excluding hydrogens is 295 g/mol. The van der Waals surface area contributed by atoms with Gasteiger partial charge < -0.3 is 4.74 Å². The van der Waals surface area contributed by atoms with Crippen molar-refractivity contribution in [1.82, 2.24) is 5.43 Å². The molecule has 0 aromatic heterocycles. The fraction of sp³-hybridized carbons (Fsp3) is 0.200. The molecule has 5 heteroatoms. The van der Waals surface area contributed by atoms with Crippen LogP contribution in [0.25, 0.3) is 0 Å². The monoisotopic (exact) mass is 310 g/mol. The molecule has 0 fully saturated rings. The zero-order valence-corrected chi connectivity index (χ0v) is 12.8. The summed E-state index contributed by atoms with van der Waals surface area (Å²) in [4.78, 5) is 0. The molecular formula is C15H16Cl2N2O. The van der Waals surface area contributed by atoms with Crippen LogP contribution in [0.4, 0.5) is 0 Å². The molecule has 0 saturated heterocycles. The van der Waals surface area contributed by atoms with E-state index in [2.05, 4.69) is 5.43 Å². The Morgan fingerprint density at radius 3 is 2.45 bits per heavy atom. The van der Waals surface area contributed by atoms with E-state index >= 15 is 0 Å². The molecule has 0 heterocycles. The average molecular weight is 311 g/mol. The summed E-state index contributed by atoms with van der Waals surface area (Å²) in [6.45, 7) is 1.99. The van der Waals surface area contributed by atoms with Crippen molar-refractivity contribution < 1.29 is 4.74 Å². The first-order valence-electron chi connectivity index (χ1n) is 6.12. The summed E-state index contributed by atoms with van der Waals surface area (Å²) in [7, 11) is 1.58. The summed E-state index contributed by atoms with van der Waals surface area (Å²) < 4.78 is 5.24. The van der Waals surface area contributed by atoms with Crippen molar-refractivity contribution in [2.45, 2.75) is 13.0 Å². The third kappa shape index (κ3) is 3.25. The number of hydrogen-bond acceptors (Lipinski definition) is 3. The summed E-state index contributed by atoms with van der Waals surface area (Å²) >= 11 is 12.2. The number of nitrogens with one attached hydrogen (secondary N) is 1. The second-order valence-electron chi connectivity index (χ2n) is 4.56. The van der Waals surface area contributed by atoms with Gasteiger partial charge in [0.15, 0.2) is 0 Å². The third-order valence-electron chi connectivity index (χ3n) is 3.07. The topological polar surface area (TPSA) is 47.3 Å². The average Bonchev–Trinajstić information content (AvgIpc) is 2.40. The molecule has 1 unspecified atom stereocenters. The van der Waals surface area contributed by atoms with Gasteiger partial charge in [0, 0.05) is 5.02 Å². The Hall–Kier alpha value is -1.26. The van der Waals surface area contributed by atoms with Gasteiger partial charge in [-0.25, -0.2) is 5.43 Å². The molecule has 3 N–H and O–H groups in total. The van der Waals surface area contributed by atoms with E-state index in [0.717, 1.165) is 16.7 Å². The number of hydrazine groups is 1. The fourth-order valence-corrected chi connectivity index (χ4v) is 2.66. The molecule has 0 bridgehead atoms. The molecule has 2 aromatic carbocycles. The second kappa shape index (κ2) is 6.46. The first kappa shape index (κ1) is 15.1. The molecule has 0 saturated carbocycles. The molecule has 2 aromatic rings. The van der Waals surface area contributed by atoms with Gasteiger partial charge in [0.05, 0.1) is 18.2 Å². The first-order chi connectivity index (χ1) is 9.55. The molecule has 3 nitrogen and oxygen atoms in total. The zero-order valence-electron chi connectivity index (χ0n) is 11.3. The highest BCUT2D eigenvalue weighted by molar-refractivity contribution is 6.32. The van der Waals surface area contributed by atoms with Crippen molar-refractivity contribution in [2.75, 3.05) is 7.11 Å². The van der Waals surface area contributed by atoms with E-state index in [1.165, 1.54) is 0 Å². The standard InChI is InChI=1S/C15H16Cl2N2O/c1-9-5-11(7-12(16)6-9)15(19-18)10-3-4-13(17)14(8-10)20-2/h3-8,15,19H,18H2,1-2H3. The third-order valence-corrected chi connectivity index (χ3v) is 3.60. The minimum atomic E-state index is -0.182. The largest absolute Gasteiger partial charge is 0.495 e. The van der Waals surface area contributed by atoms with E-state index < -0.39 is 0 Å². The van der Waals surface area contributed by atoms with Crippen molar-refractivity contribution in [1.29, 1.82) is 0 Å². The Balaban J connectivity index is 2.46. The summed E-state index contributed by atoms with van der Waals surface area (Å²) in [5.41, 5.74) is 5.82. The van der Waals surface area contributed by atoms with Gasteiger partial charge in [0.1, 0.15) is 5.75 Å². The number of benzene rings is 2. The van der Waals surface area contributed by atoms with Gasteiger partial charge in [-0.05, 0) is 47.9 Å². The lowest BCUT2D eigenvalue weighted by molar-refractivity contribution is 0.414. The lowest BCUT2D eigenvalue weighted by Gasteiger charge is -2.19. The maximum absolute atomic E-state index is 6.11. The van der Waals surface area contributed by atoms with Gasteiger partial charge in [-0.15, -0.1) is 0 Å². The highest BCUT2D eigenvalue weighted by atomic mass is 35.5. The Morgan fingerprint density at radius 2 is 1.85 bits per heavy atom. The Bertz CT molecular complexity index is 597. The molecule has 0 radical (unpaired) electrons. The number of aryl methyl sites for hydroxylation is 1. The molecule has 0 aliphatic carbocycles. The number of methoxy groups -OCH3 is 1. The summed E-state index contributed by atoms with van der Waals surface area (Å²) in [6.07, 6.45) is 0. The quantitative estimate of drug-likeness (QED) is 0.666. The molecule has 0 spiro atoms. The predicted molar refractivity (Wildman–Crippen MR) is 83.4 cm³/mol. The molecule has 0 aliphatic rings. The summed E-state index contributed by atoms with van der Waals surface area (Å²) in [5, 5.41) is 1.25. The minimum absolute atomic E-state index is 0.182. The molecule has 0 aliphatic heterocycles. The maximum atomic E-state index is 6.11. The number of rotatable bonds is 4. The van der Waals surface area contributed by atoms with Crippen LogP contribution in [0.15, 0.2) is 36.4 Å². The molecule has 20 heavy (non-hydrogen) atoms. The van der Waals surface area contributed by atoms with Crippen molar-refractivity contribution in [3.8, 4) is 5.75 Å². The van der Waals surface area contributed by atoms with Crippen LogP contribution in [0.1, 0.15) is 22.7 Å². The van der Waals surface area contributed by atoms with Gasteiger partial charge in [-0.3, -0.25) is 5.84 Å². The van der Waals surface area contributed by atoms with Gasteiger partial charge in [-0.2, -0.15) is 0 Å². The van der Waals surface area contributed by atoms with E-state index in [-0.39, 0.29) is 6.04 Å². The highest BCUT2D eigenvalue weighted by Gasteiger charge is 2.15. The van der Waals surface area contributed by atoms with Crippen LogP contribution >= 0.6 is 23.2 Å². The van der Waals surface area contributed by atoms with Crippen LogP contribution in [0.5, 0.6) is 5.75 Å². The van der Waals surface area contributed by atoms with Gasteiger partial charge in [-0.1, -0.05) is 35.3 Å². The predicted octanol–water partition coefficient (Wildman–Crippen LogP) is 3.86. The van der Waals surface area contributed by atoms with Crippen LogP contribution in [0, 0.1) is 6.92 Å². The summed E-state index contributed by atoms with van der Waals surface area (Å²) in [6, 6.07) is 11.2. The van der Waals surface area contributed by atoms with E-state index in [9.17, 15) is 0 Å². The first-order valence-corrected chi connectivity index (χ1v) is 6.87. The SMILES string of the molecule is COc1cc(C(NN)c2cc(C)cc(Cl)c2)ccc1Cl. The molecule has 2 rings (SSSR count). The fourth-order valence-electron chi connectivity index (χ4n) is 2.17. The van der Waals surface area contributed by atoms with Gasteiger partial charge in [0.25, 0.3) is 0 Å². The minimum Gasteiger partial charge on any atom is -0.495 e. The van der Waals surface area contributed by atoms with Gasteiger partial charge >= 0.3 is 0 Å². The van der Waals surface area contributed by atoms with Crippen molar-refractivity contribution in [3.63, 3.8) is 0 Å². The molecule has 106 valence electrons. The normalized spacial score (nSPS) is 12.2.